The van der Waals surface area contributed by atoms with Crippen molar-refractivity contribution in [2.24, 2.45) is 17.8 Å². The van der Waals surface area contributed by atoms with Crippen molar-refractivity contribution in [3.63, 3.8) is 0 Å². The van der Waals surface area contributed by atoms with E-state index in [1.54, 1.807) is 0 Å². The standard InChI is InChI=1S/3C8H10Cl2P.6ClH.W/c3*9-11(10)5-8-4-6-1-2-7(8)3-6;;;;;;;/h3*5-6H,1-4H2;6*1H;/q3*+1;;;;;;;+3/p-6. The van der Waals surface area contributed by atoms with Crippen molar-refractivity contribution in [1.82, 2.24) is 0 Å². The Kier molecular flexibility index (Phi) is 6.57. The second-order valence-corrected chi connectivity index (χ2v) is 233. The minimum atomic E-state index is -10.4. The van der Waals surface area contributed by atoms with Crippen LogP contribution in [0.5, 0.6) is 0 Å². The molecule has 6 aliphatic carbocycles. The van der Waals surface area contributed by atoms with Gasteiger partial charge in [-0.3, -0.25) is 0 Å². The first-order valence-electron chi connectivity index (χ1n) is 13.2. The maximum absolute atomic E-state index is 10.4. The van der Waals surface area contributed by atoms with Crippen LogP contribution in [0.25, 0.3) is 0 Å². The summed E-state index contributed by atoms with van der Waals surface area (Å²) in [5.74, 6) is 5.71. The third kappa shape index (κ3) is 3.56. The van der Waals surface area contributed by atoms with Crippen LogP contribution >= 0.6 is 135 Å². The molecule has 0 aromatic rings. The number of halogens is 12. The molecule has 3 unspecified atom stereocenters. The Morgan fingerprint density at radius 3 is 0.875 bits per heavy atom. The van der Waals surface area contributed by atoms with Gasteiger partial charge in [-0.15, -0.1) is 0 Å². The zero-order valence-corrected chi connectivity index (χ0v) is 35.9. The van der Waals surface area contributed by atoms with Gasteiger partial charge >= 0.3 is 283 Å². The van der Waals surface area contributed by atoms with Crippen LogP contribution < -0.4 is 0 Å². The topological polar surface area (TPSA) is 0 Å². The van der Waals surface area contributed by atoms with Gasteiger partial charge in [-0.1, -0.05) is 0 Å². The molecular formula is C24H30Cl12P3W. The number of hydrogen-bond donors (Lipinski definition) is 0. The van der Waals surface area contributed by atoms with Gasteiger partial charge in [-0.2, -0.15) is 0 Å². The van der Waals surface area contributed by atoms with Crippen LogP contribution in [0.1, 0.15) is 77.0 Å². The molecule has 0 amide bonds. The molecule has 0 spiro atoms. The molecule has 3 fully saturated rings. The molecule has 0 radical (unpaired) electrons. The summed E-state index contributed by atoms with van der Waals surface area (Å²) in [7, 11) is 47.5. The molecule has 40 heavy (non-hydrogen) atoms. The third-order valence-electron chi connectivity index (χ3n) is 10.3. The van der Waals surface area contributed by atoms with Crippen molar-refractivity contribution >= 4 is 152 Å². The Morgan fingerprint density at radius 1 is 0.450 bits per heavy atom. The molecule has 6 rings (SSSR count). The maximum atomic E-state index is 7.92. The van der Waals surface area contributed by atoms with Crippen molar-refractivity contribution in [3.8, 4) is 0 Å². The summed E-state index contributed by atoms with van der Waals surface area (Å²) in [6.45, 7) is 0. The van der Waals surface area contributed by atoms with Crippen molar-refractivity contribution in [2.75, 3.05) is 0 Å². The van der Waals surface area contributed by atoms with E-state index in [0.29, 0.717) is 37.0 Å². The summed E-state index contributed by atoms with van der Waals surface area (Å²) in [5.41, 5.74) is 5.88. The molecule has 16 heteroatoms. The number of fused-ring (bicyclic) bond motifs is 6. The van der Waals surface area contributed by atoms with Crippen LogP contribution in [0.2, 0.25) is 0 Å². The molecule has 6 bridgehead atoms. The SMILES string of the molecule is Cl[P](Cl)(=CC1=C2CCC(C1)C2)[W]([Cl])([Cl])([Cl])([Cl])([Cl])([Cl])([P](Cl)(Cl)=CC1=C2CCC(C1)C2)[P](Cl)(Cl)=CC1=C2CCC(C1)C2. The predicted octanol–water partition coefficient (Wildman–Crippen LogP) is 16.4. The average Bonchev–Trinajstić information content (AvgIpc) is 3.58. The Balaban J connectivity index is 1.81. The van der Waals surface area contributed by atoms with Gasteiger partial charge in [0.25, 0.3) is 0 Å². The van der Waals surface area contributed by atoms with E-state index in [9.17, 15) is 0 Å². The summed E-state index contributed by atoms with van der Waals surface area (Å²) in [6.07, 6.45) is 10.5. The van der Waals surface area contributed by atoms with Gasteiger partial charge in [0.2, 0.25) is 0 Å². The Hall–Kier alpha value is 4.29. The first kappa shape index (κ1) is 34.2. The molecule has 3 saturated carbocycles. The Morgan fingerprint density at radius 2 is 0.700 bits per heavy atom. The monoisotopic (exact) mass is 1010 g/mol. The van der Waals surface area contributed by atoms with Gasteiger partial charge in [0.05, 0.1) is 0 Å². The van der Waals surface area contributed by atoms with Gasteiger partial charge in [-0.05, 0) is 0 Å². The summed E-state index contributed by atoms with van der Waals surface area (Å²) in [5, 5.41) is 0. The van der Waals surface area contributed by atoms with E-state index in [0.717, 1.165) is 91.2 Å². The average molecular weight is 1020 g/mol. The van der Waals surface area contributed by atoms with Crippen molar-refractivity contribution in [2.45, 2.75) is 77.0 Å². The first-order chi connectivity index (χ1) is 17.6. The van der Waals surface area contributed by atoms with Crippen LogP contribution in [-0.2, 0) is 2.04 Å². The number of rotatable bonds is 6. The molecule has 0 aliphatic heterocycles. The molecular weight excluding hydrogens is 990 g/mol. The zero-order valence-electron chi connectivity index (χ0n) is 21.2. The van der Waals surface area contributed by atoms with E-state index in [1.807, 2.05) is 0 Å². The van der Waals surface area contributed by atoms with E-state index in [4.69, 9.17) is 124 Å². The van der Waals surface area contributed by atoms with E-state index >= 15 is 0 Å². The number of hydrogen-bond acceptors (Lipinski definition) is 0. The van der Waals surface area contributed by atoms with Gasteiger partial charge in [-0.25, -0.2) is 0 Å². The van der Waals surface area contributed by atoms with Crippen LogP contribution in [0, 0.1) is 17.8 Å². The number of allylic oxidation sites excluding steroid dienone is 6. The molecule has 0 heterocycles. The fourth-order valence-electron chi connectivity index (χ4n) is 7.47. The molecule has 3 atom stereocenters. The normalized spacial score (nSPS) is 33.9. The summed E-state index contributed by atoms with van der Waals surface area (Å²) in [4.78, 5) is 0. The van der Waals surface area contributed by atoms with Gasteiger partial charge in [0, 0.05) is 0 Å². The fourth-order valence-corrected chi connectivity index (χ4v) is 198. The first-order valence-corrected chi connectivity index (χ1v) is 57.6. The van der Waals surface area contributed by atoms with E-state index in [2.05, 4.69) is 0 Å². The summed E-state index contributed by atoms with van der Waals surface area (Å²) >= 11 is 44.9. The molecule has 0 aromatic heterocycles. The van der Waals surface area contributed by atoms with Crippen LogP contribution in [-0.4, -0.2) is 17.4 Å². The molecule has 0 nitrogen and oxygen atoms in total. The molecule has 0 aromatic carbocycles. The van der Waals surface area contributed by atoms with Crippen molar-refractivity contribution in [1.29, 1.82) is 0 Å². The molecule has 6 aliphatic rings. The predicted molar refractivity (Wildman–Crippen MR) is 196 cm³/mol. The van der Waals surface area contributed by atoms with Gasteiger partial charge < -0.3 is 0 Å². The minimum absolute atomic E-state index is 0.434. The Bertz CT molecular complexity index is 1470. The van der Waals surface area contributed by atoms with Crippen LogP contribution in [0.4, 0.5) is 0 Å². The second kappa shape index (κ2) is 7.70. The quantitative estimate of drug-likeness (QED) is 0.233. The molecule has 0 saturated heterocycles. The summed E-state index contributed by atoms with van der Waals surface area (Å²) in [6, 6.07) is 0. The van der Waals surface area contributed by atoms with Gasteiger partial charge in [0.15, 0.2) is 0 Å². The van der Waals surface area contributed by atoms with Crippen molar-refractivity contribution in [3.05, 3.63) is 33.4 Å². The Labute approximate surface area is 279 Å². The van der Waals surface area contributed by atoms with E-state index in [-0.39, 0.29) is 0 Å². The second-order valence-electron chi connectivity index (χ2n) is 13.1. The van der Waals surface area contributed by atoms with E-state index in [1.165, 1.54) is 17.4 Å². The van der Waals surface area contributed by atoms with Gasteiger partial charge in [0.1, 0.15) is 0 Å². The van der Waals surface area contributed by atoms with Crippen molar-refractivity contribution < 1.29 is 2.04 Å². The zero-order chi connectivity index (χ0) is 29.6. The third-order valence-corrected chi connectivity index (χ3v) is 378. The fraction of sp³-hybridized carbons (Fsp3) is 0.625. The van der Waals surface area contributed by atoms with Crippen LogP contribution in [0.15, 0.2) is 33.4 Å². The summed E-state index contributed by atoms with van der Waals surface area (Å²) < 4.78 is -24.5. The van der Waals surface area contributed by atoms with Crippen LogP contribution in [0.3, 0.4) is 0 Å². The molecule has 0 N–H and O–H groups in total. The van der Waals surface area contributed by atoms with E-state index < -0.39 is 13.1 Å². The molecule has 231 valence electrons.